The van der Waals surface area contributed by atoms with Crippen molar-refractivity contribution in [3.05, 3.63) is 69.5 Å². The van der Waals surface area contributed by atoms with E-state index >= 15 is 0 Å². The minimum Gasteiger partial charge on any atom is -0.469 e. The molecule has 0 radical (unpaired) electrons. The maximum absolute atomic E-state index is 13.0. The van der Waals surface area contributed by atoms with Crippen molar-refractivity contribution < 1.29 is 9.53 Å². The predicted molar refractivity (Wildman–Crippen MR) is 108 cm³/mol. The summed E-state index contributed by atoms with van der Waals surface area (Å²) in [5, 5.41) is 1.73. The van der Waals surface area contributed by atoms with Crippen LogP contribution in [-0.4, -0.2) is 22.6 Å². The first-order chi connectivity index (χ1) is 13.0. The molecule has 0 unspecified atom stereocenters. The fourth-order valence-corrected chi connectivity index (χ4v) is 4.23. The molecule has 0 saturated carbocycles. The van der Waals surface area contributed by atoms with E-state index in [-0.39, 0.29) is 29.7 Å². The summed E-state index contributed by atoms with van der Waals surface area (Å²) in [4.78, 5) is 29.2. The molecule has 27 heavy (non-hydrogen) atoms. The molecule has 7 heteroatoms. The maximum atomic E-state index is 13.0. The lowest BCUT2D eigenvalue weighted by atomic mass is 10.2. The molecule has 1 aromatic heterocycles. The van der Waals surface area contributed by atoms with Crippen LogP contribution < -0.4 is 5.56 Å². The van der Waals surface area contributed by atoms with Crippen molar-refractivity contribution in [1.29, 1.82) is 0 Å². The number of halogens is 1. The molecular formula is C20H19ClN2O3S. The fraction of sp³-hybridized carbons (Fsp3) is 0.250. The van der Waals surface area contributed by atoms with Crippen LogP contribution in [0.3, 0.4) is 0 Å². The molecule has 1 heterocycles. The molecule has 0 N–H and O–H groups in total. The van der Waals surface area contributed by atoms with Crippen molar-refractivity contribution in [3.8, 4) is 0 Å². The number of ether oxygens (including phenoxy) is 1. The van der Waals surface area contributed by atoms with E-state index in [9.17, 15) is 9.59 Å². The van der Waals surface area contributed by atoms with Crippen molar-refractivity contribution in [3.63, 3.8) is 0 Å². The Morgan fingerprint density at radius 1 is 1.22 bits per heavy atom. The average molecular weight is 403 g/mol. The second kappa shape index (κ2) is 8.59. The van der Waals surface area contributed by atoms with Gasteiger partial charge in [0.25, 0.3) is 5.56 Å². The Hall–Kier alpha value is -2.31. The van der Waals surface area contributed by atoms with E-state index in [0.717, 1.165) is 5.56 Å². The summed E-state index contributed by atoms with van der Waals surface area (Å²) in [7, 11) is 1.33. The predicted octanol–water partition coefficient (Wildman–Crippen LogP) is 4.47. The summed E-state index contributed by atoms with van der Waals surface area (Å²) in [5.74, 6) is -0.370. The fourth-order valence-electron chi connectivity index (χ4n) is 2.77. The van der Waals surface area contributed by atoms with E-state index in [4.69, 9.17) is 16.3 Å². The molecule has 0 amide bonds. The van der Waals surface area contributed by atoms with Gasteiger partial charge < -0.3 is 4.74 Å². The lowest BCUT2D eigenvalue weighted by molar-refractivity contribution is -0.140. The summed E-state index contributed by atoms with van der Waals surface area (Å²) >= 11 is 7.75. The molecule has 5 nitrogen and oxygen atoms in total. The van der Waals surface area contributed by atoms with Gasteiger partial charge in [0.05, 0.1) is 24.4 Å². The van der Waals surface area contributed by atoms with E-state index < -0.39 is 0 Å². The number of hydrogen-bond acceptors (Lipinski definition) is 5. The first kappa shape index (κ1) is 19.5. The van der Waals surface area contributed by atoms with Crippen LogP contribution in [0.15, 0.2) is 58.5 Å². The van der Waals surface area contributed by atoms with Crippen molar-refractivity contribution in [2.75, 3.05) is 7.11 Å². The summed E-state index contributed by atoms with van der Waals surface area (Å²) < 4.78 is 6.25. The van der Waals surface area contributed by atoms with E-state index in [1.165, 1.54) is 23.4 Å². The molecule has 140 valence electrons. The zero-order valence-corrected chi connectivity index (χ0v) is 16.6. The second-order valence-electron chi connectivity index (χ2n) is 5.98. The highest BCUT2D eigenvalue weighted by molar-refractivity contribution is 7.99. The first-order valence-corrected chi connectivity index (χ1v) is 9.74. The maximum Gasteiger partial charge on any atom is 0.307 e. The molecule has 2 aromatic carbocycles. The molecule has 0 aliphatic rings. The summed E-state index contributed by atoms with van der Waals surface area (Å²) in [6.45, 7) is 2.22. The van der Waals surface area contributed by atoms with E-state index in [2.05, 4.69) is 4.98 Å². The molecule has 0 aliphatic heterocycles. The smallest absolute Gasteiger partial charge is 0.307 e. The highest BCUT2D eigenvalue weighted by Crippen LogP contribution is 2.37. The number of aromatic nitrogens is 2. The van der Waals surface area contributed by atoms with E-state index in [1.807, 2.05) is 43.3 Å². The van der Waals surface area contributed by atoms with Gasteiger partial charge in [0, 0.05) is 16.8 Å². The van der Waals surface area contributed by atoms with Crippen molar-refractivity contribution in [2.24, 2.45) is 0 Å². The number of esters is 1. The number of carbonyl (C=O) groups excluding carboxylic acids is 1. The highest BCUT2D eigenvalue weighted by Gasteiger charge is 2.17. The Bertz CT molecular complexity index is 1040. The van der Waals surface area contributed by atoms with Crippen LogP contribution >= 0.6 is 23.4 Å². The zero-order valence-electron chi connectivity index (χ0n) is 15.0. The van der Waals surface area contributed by atoms with Gasteiger partial charge in [-0.05, 0) is 30.7 Å². The van der Waals surface area contributed by atoms with Crippen molar-refractivity contribution in [1.82, 2.24) is 9.55 Å². The third kappa shape index (κ3) is 4.34. The Morgan fingerprint density at radius 3 is 2.67 bits per heavy atom. The van der Waals surface area contributed by atoms with Crippen LogP contribution in [0.4, 0.5) is 0 Å². The largest absolute Gasteiger partial charge is 0.469 e. The van der Waals surface area contributed by atoms with Gasteiger partial charge in [-0.1, -0.05) is 53.7 Å². The van der Waals surface area contributed by atoms with Gasteiger partial charge >= 0.3 is 5.97 Å². The van der Waals surface area contributed by atoms with Gasteiger partial charge in [0.2, 0.25) is 0 Å². The van der Waals surface area contributed by atoms with E-state index in [1.54, 1.807) is 12.1 Å². The molecule has 0 fully saturated rings. The SMILES string of the molecule is COC(=O)CCn1c(S[C@@H](C)c2ccccc2Cl)nc2ccccc2c1=O. The van der Waals surface area contributed by atoms with Crippen LogP contribution in [0.2, 0.25) is 5.02 Å². The van der Waals surface area contributed by atoms with Gasteiger partial charge in [-0.3, -0.25) is 14.2 Å². The number of hydrogen-bond donors (Lipinski definition) is 0. The van der Waals surface area contributed by atoms with Crippen molar-refractivity contribution in [2.45, 2.75) is 30.3 Å². The average Bonchev–Trinajstić information content (AvgIpc) is 2.67. The van der Waals surface area contributed by atoms with Gasteiger partial charge in [-0.25, -0.2) is 4.98 Å². The van der Waals surface area contributed by atoms with Gasteiger partial charge in [0.1, 0.15) is 0 Å². The number of benzene rings is 2. The topological polar surface area (TPSA) is 61.2 Å². The highest BCUT2D eigenvalue weighted by atomic mass is 35.5. The monoisotopic (exact) mass is 402 g/mol. The Balaban J connectivity index is 2.02. The number of para-hydroxylation sites is 1. The van der Waals surface area contributed by atoms with Gasteiger partial charge in [0.15, 0.2) is 5.16 Å². The van der Waals surface area contributed by atoms with Gasteiger partial charge in [-0.2, -0.15) is 0 Å². The van der Waals surface area contributed by atoms with Crippen LogP contribution in [-0.2, 0) is 16.1 Å². The van der Waals surface area contributed by atoms with Crippen LogP contribution in [0.25, 0.3) is 10.9 Å². The third-order valence-electron chi connectivity index (χ3n) is 4.22. The second-order valence-corrected chi connectivity index (χ2v) is 7.69. The number of thioether (sulfide) groups is 1. The Labute approximate surface area is 166 Å². The van der Waals surface area contributed by atoms with Crippen LogP contribution in [0.5, 0.6) is 0 Å². The van der Waals surface area contributed by atoms with Crippen LogP contribution in [0, 0.1) is 0 Å². The van der Waals surface area contributed by atoms with Crippen molar-refractivity contribution >= 4 is 40.2 Å². The molecule has 0 aliphatic carbocycles. The molecule has 3 aromatic rings. The number of rotatable bonds is 6. The van der Waals surface area contributed by atoms with Crippen LogP contribution in [0.1, 0.15) is 24.2 Å². The Kier molecular flexibility index (Phi) is 6.19. The zero-order chi connectivity index (χ0) is 19.4. The molecular weight excluding hydrogens is 384 g/mol. The van der Waals surface area contributed by atoms with Gasteiger partial charge in [-0.15, -0.1) is 0 Å². The minimum absolute atomic E-state index is 0.0175. The molecule has 3 rings (SSSR count). The number of carbonyl (C=O) groups is 1. The molecule has 0 spiro atoms. The molecule has 1 atom stereocenters. The van der Waals surface area contributed by atoms with E-state index in [0.29, 0.717) is 21.1 Å². The molecule has 0 bridgehead atoms. The third-order valence-corrected chi connectivity index (χ3v) is 5.69. The summed E-state index contributed by atoms with van der Waals surface area (Å²) in [6, 6.07) is 14.8. The normalized spacial score (nSPS) is 12.1. The summed E-state index contributed by atoms with van der Waals surface area (Å²) in [5.41, 5.74) is 1.43. The first-order valence-electron chi connectivity index (χ1n) is 8.48. The number of fused-ring (bicyclic) bond motifs is 1. The summed E-state index contributed by atoms with van der Waals surface area (Å²) in [6.07, 6.45) is 0.102. The quantitative estimate of drug-likeness (QED) is 0.346. The molecule has 0 saturated heterocycles. The Morgan fingerprint density at radius 2 is 1.93 bits per heavy atom. The standard InChI is InChI=1S/C20H19ClN2O3S/c1-13(14-7-3-5-9-16(14)21)27-20-22-17-10-6-4-8-15(17)19(25)23(20)12-11-18(24)26-2/h3-10,13H,11-12H2,1-2H3/t13-/m0/s1. The minimum atomic E-state index is -0.370. The number of nitrogens with zero attached hydrogens (tertiary/aromatic N) is 2. The lowest BCUT2D eigenvalue weighted by Gasteiger charge is -2.17. The number of methoxy groups -OCH3 is 1. The lowest BCUT2D eigenvalue weighted by Crippen LogP contribution is -2.25.